The topological polar surface area (TPSA) is 64.9 Å². The van der Waals surface area contributed by atoms with Gasteiger partial charge in [-0.15, -0.1) is 0 Å². The second-order valence-electron chi connectivity index (χ2n) is 3.90. The van der Waals surface area contributed by atoms with Gasteiger partial charge >= 0.3 is 5.69 Å². The first-order valence-electron chi connectivity index (χ1n) is 4.71. The van der Waals surface area contributed by atoms with Gasteiger partial charge in [-0.2, -0.15) is 4.39 Å². The Balaban J connectivity index is 2.05. The van der Waals surface area contributed by atoms with Gasteiger partial charge in [0, 0.05) is 12.1 Å². The molecule has 1 unspecified atom stereocenters. The summed E-state index contributed by atoms with van der Waals surface area (Å²) in [6.07, 6.45) is 0. The highest BCUT2D eigenvalue weighted by atomic mass is 19.1. The molecule has 1 aromatic carbocycles. The van der Waals surface area contributed by atoms with E-state index in [1.54, 1.807) is 0 Å². The molecule has 1 aliphatic rings. The highest BCUT2D eigenvalue weighted by Gasteiger charge is 2.40. The molecule has 1 atom stereocenters. The number of nitrogens with zero attached hydrogens (tertiary/aromatic N) is 1. The molecule has 0 aliphatic carbocycles. The third-order valence-electron chi connectivity index (χ3n) is 2.30. The number of ether oxygens (including phenoxy) is 2. The summed E-state index contributed by atoms with van der Waals surface area (Å²) in [5.74, 6) is -0.635. The molecule has 1 aliphatic heterocycles. The molecule has 2 rings (SSSR count). The fourth-order valence-electron chi connectivity index (χ4n) is 1.17. The van der Waals surface area contributed by atoms with E-state index in [0.717, 1.165) is 12.1 Å². The molecule has 1 fully saturated rings. The van der Waals surface area contributed by atoms with Gasteiger partial charge in [-0.05, 0) is 13.0 Å². The Morgan fingerprint density at radius 2 is 2.38 bits per heavy atom. The maximum absolute atomic E-state index is 13.2. The fourth-order valence-corrected chi connectivity index (χ4v) is 1.17. The number of nitro groups is 1. The molecule has 0 radical (unpaired) electrons. The molecular weight excluding hydrogens is 217 g/mol. The van der Waals surface area contributed by atoms with Crippen molar-refractivity contribution in [1.82, 2.24) is 0 Å². The summed E-state index contributed by atoms with van der Waals surface area (Å²) in [5, 5.41) is 10.4. The Morgan fingerprint density at radius 1 is 1.69 bits per heavy atom. The zero-order valence-electron chi connectivity index (χ0n) is 8.60. The molecule has 86 valence electrons. The maximum atomic E-state index is 13.2. The van der Waals surface area contributed by atoms with E-state index in [1.165, 1.54) is 6.07 Å². The second kappa shape index (κ2) is 3.71. The Bertz CT molecular complexity index is 431. The Labute approximate surface area is 90.9 Å². The smallest absolute Gasteiger partial charge is 0.305 e. The van der Waals surface area contributed by atoms with Gasteiger partial charge < -0.3 is 9.47 Å². The molecule has 0 bridgehead atoms. The highest BCUT2D eigenvalue weighted by molar-refractivity contribution is 5.38. The minimum absolute atomic E-state index is 0.264. The summed E-state index contributed by atoms with van der Waals surface area (Å²) in [7, 11) is 0. The monoisotopic (exact) mass is 227 g/mol. The third-order valence-corrected chi connectivity index (χ3v) is 2.30. The summed E-state index contributed by atoms with van der Waals surface area (Å²) in [4.78, 5) is 9.59. The van der Waals surface area contributed by atoms with Crippen molar-refractivity contribution in [3.8, 4) is 5.75 Å². The molecule has 0 N–H and O–H groups in total. The van der Waals surface area contributed by atoms with Gasteiger partial charge in [0.15, 0.2) is 0 Å². The quantitative estimate of drug-likeness (QED) is 0.447. The van der Waals surface area contributed by atoms with Crippen LogP contribution in [0.1, 0.15) is 6.92 Å². The highest BCUT2D eigenvalue weighted by Crippen LogP contribution is 2.28. The van der Waals surface area contributed by atoms with Crippen molar-refractivity contribution in [2.24, 2.45) is 0 Å². The van der Waals surface area contributed by atoms with Crippen LogP contribution < -0.4 is 4.74 Å². The summed E-state index contributed by atoms with van der Waals surface area (Å²) in [5.41, 5.74) is -0.848. The molecule has 0 spiro atoms. The number of nitro benzene ring substituents is 1. The zero-order valence-corrected chi connectivity index (χ0v) is 8.60. The standard InChI is InChI=1S/C10H10FNO4/c1-10(6-16-10)5-15-7-2-3-9(12(13)14)8(11)4-7/h2-4H,5-6H2,1H3. The van der Waals surface area contributed by atoms with Crippen LogP contribution in [0.2, 0.25) is 0 Å². The first-order chi connectivity index (χ1) is 7.50. The molecule has 0 saturated carbocycles. The van der Waals surface area contributed by atoms with Crippen molar-refractivity contribution in [2.75, 3.05) is 13.2 Å². The lowest BCUT2D eigenvalue weighted by Gasteiger charge is -2.08. The third kappa shape index (κ3) is 2.27. The van der Waals surface area contributed by atoms with E-state index in [2.05, 4.69) is 0 Å². The average molecular weight is 227 g/mol. The summed E-state index contributed by atoms with van der Waals surface area (Å²) >= 11 is 0. The first kappa shape index (κ1) is 10.8. The van der Waals surface area contributed by atoms with E-state index < -0.39 is 16.4 Å². The lowest BCUT2D eigenvalue weighted by molar-refractivity contribution is -0.387. The van der Waals surface area contributed by atoms with Crippen molar-refractivity contribution in [1.29, 1.82) is 0 Å². The molecule has 0 aromatic heterocycles. The summed E-state index contributed by atoms with van der Waals surface area (Å²) in [6, 6.07) is 3.46. The zero-order chi connectivity index (χ0) is 11.8. The first-order valence-corrected chi connectivity index (χ1v) is 4.71. The van der Waals surface area contributed by atoms with Gasteiger partial charge in [0.2, 0.25) is 5.82 Å². The van der Waals surface area contributed by atoms with Crippen molar-refractivity contribution in [3.63, 3.8) is 0 Å². The molecule has 1 saturated heterocycles. The van der Waals surface area contributed by atoms with Crippen molar-refractivity contribution < 1.29 is 18.8 Å². The van der Waals surface area contributed by atoms with Gasteiger partial charge in [0.1, 0.15) is 18.0 Å². The minimum Gasteiger partial charge on any atom is -0.490 e. The number of halogens is 1. The van der Waals surface area contributed by atoms with Crippen molar-refractivity contribution >= 4 is 5.69 Å². The normalized spacial score (nSPS) is 22.9. The summed E-state index contributed by atoms with van der Waals surface area (Å²) in [6.45, 7) is 2.79. The van der Waals surface area contributed by atoms with Gasteiger partial charge in [-0.3, -0.25) is 10.1 Å². The number of hydrogen-bond donors (Lipinski definition) is 0. The lowest BCUT2D eigenvalue weighted by Crippen LogP contribution is -2.16. The fraction of sp³-hybridized carbons (Fsp3) is 0.400. The van der Waals surface area contributed by atoms with Crippen LogP contribution in [0, 0.1) is 15.9 Å². The van der Waals surface area contributed by atoms with Crippen LogP contribution in [0.15, 0.2) is 18.2 Å². The van der Waals surface area contributed by atoms with Gasteiger partial charge in [0.25, 0.3) is 0 Å². The van der Waals surface area contributed by atoms with Crippen LogP contribution in [0.3, 0.4) is 0 Å². The molecule has 0 amide bonds. The average Bonchev–Trinajstić information content (AvgIpc) is 2.94. The molecule has 1 aromatic rings. The number of epoxide rings is 1. The van der Waals surface area contributed by atoms with Crippen LogP contribution in [-0.2, 0) is 4.74 Å². The number of rotatable bonds is 4. The number of benzene rings is 1. The van der Waals surface area contributed by atoms with Gasteiger partial charge in [-0.1, -0.05) is 0 Å². The Morgan fingerprint density at radius 3 is 2.88 bits per heavy atom. The van der Waals surface area contributed by atoms with Crippen LogP contribution in [0.5, 0.6) is 5.75 Å². The predicted octanol–water partition coefficient (Wildman–Crippen LogP) is 1.90. The van der Waals surface area contributed by atoms with E-state index in [9.17, 15) is 14.5 Å². The molecule has 16 heavy (non-hydrogen) atoms. The predicted molar refractivity (Wildman–Crippen MR) is 52.9 cm³/mol. The molecular formula is C10H10FNO4. The van der Waals surface area contributed by atoms with Crippen LogP contribution in [0.4, 0.5) is 10.1 Å². The molecule has 6 heteroatoms. The van der Waals surface area contributed by atoms with Crippen LogP contribution in [-0.4, -0.2) is 23.7 Å². The molecule has 5 nitrogen and oxygen atoms in total. The number of hydrogen-bond acceptors (Lipinski definition) is 4. The SMILES string of the molecule is CC1(COc2ccc([N+](=O)[O-])c(F)c2)CO1. The van der Waals surface area contributed by atoms with E-state index in [1.807, 2.05) is 6.92 Å². The van der Waals surface area contributed by atoms with E-state index >= 15 is 0 Å². The summed E-state index contributed by atoms with van der Waals surface area (Å²) < 4.78 is 23.5. The maximum Gasteiger partial charge on any atom is 0.305 e. The lowest BCUT2D eigenvalue weighted by atomic mass is 10.2. The van der Waals surface area contributed by atoms with Crippen LogP contribution >= 0.6 is 0 Å². The van der Waals surface area contributed by atoms with E-state index in [4.69, 9.17) is 9.47 Å². The van der Waals surface area contributed by atoms with E-state index in [-0.39, 0.29) is 11.4 Å². The Kier molecular flexibility index (Phi) is 2.51. The van der Waals surface area contributed by atoms with Gasteiger partial charge in [0.05, 0.1) is 11.5 Å². The van der Waals surface area contributed by atoms with Crippen molar-refractivity contribution in [3.05, 3.63) is 34.1 Å². The van der Waals surface area contributed by atoms with Crippen molar-refractivity contribution in [2.45, 2.75) is 12.5 Å². The minimum atomic E-state index is -0.899. The van der Waals surface area contributed by atoms with Crippen LogP contribution in [0.25, 0.3) is 0 Å². The largest absolute Gasteiger partial charge is 0.490 e. The van der Waals surface area contributed by atoms with Gasteiger partial charge in [-0.25, -0.2) is 0 Å². The van der Waals surface area contributed by atoms with E-state index in [0.29, 0.717) is 13.2 Å². The Hall–Kier alpha value is -1.69. The second-order valence-corrected chi connectivity index (χ2v) is 3.90. The molecule has 1 heterocycles.